The van der Waals surface area contributed by atoms with E-state index in [1.807, 2.05) is 30.6 Å². The van der Waals surface area contributed by atoms with E-state index in [0.717, 1.165) is 62.8 Å². The van der Waals surface area contributed by atoms with Crippen LogP contribution in [0.15, 0.2) is 42.7 Å². The average Bonchev–Trinajstić information content (AvgIpc) is 3.03. The van der Waals surface area contributed by atoms with E-state index < -0.39 is 0 Å². The molecule has 0 unspecified atom stereocenters. The summed E-state index contributed by atoms with van der Waals surface area (Å²) in [4.78, 5) is 28.8. The topological polar surface area (TPSA) is 64.6 Å². The van der Waals surface area contributed by atoms with Crippen LogP contribution in [0.25, 0.3) is 0 Å². The van der Waals surface area contributed by atoms with Gasteiger partial charge in [0.15, 0.2) is 0 Å². The van der Waals surface area contributed by atoms with Crippen LogP contribution in [0.4, 0.5) is 11.6 Å². The number of hydrogen-bond acceptors (Lipinski definition) is 6. The first-order valence-electron chi connectivity index (χ1n) is 11.0. The minimum absolute atomic E-state index is 0.0189. The second kappa shape index (κ2) is 9.89. The Bertz CT molecular complexity index is 821. The number of anilines is 2. The Balaban J connectivity index is 1.37. The fourth-order valence-corrected chi connectivity index (χ4v) is 4.42. The molecule has 30 heavy (non-hydrogen) atoms. The summed E-state index contributed by atoms with van der Waals surface area (Å²) in [5, 5.41) is 3.17. The van der Waals surface area contributed by atoms with Crippen LogP contribution < -0.4 is 15.1 Å². The number of nitrogens with zero attached hydrogens (tertiary/aromatic N) is 5. The minimum atomic E-state index is -0.0189. The van der Waals surface area contributed by atoms with Gasteiger partial charge in [-0.2, -0.15) is 0 Å². The molecule has 4 rings (SSSR count). The quantitative estimate of drug-likeness (QED) is 0.819. The third-order valence-electron chi connectivity index (χ3n) is 6.20. The van der Waals surface area contributed by atoms with E-state index in [4.69, 9.17) is 0 Å². The number of aromatic nitrogens is 2. The number of hydrogen-bond donors (Lipinski definition) is 1. The van der Waals surface area contributed by atoms with Gasteiger partial charge in [0.2, 0.25) is 5.91 Å². The zero-order valence-electron chi connectivity index (χ0n) is 17.8. The highest BCUT2D eigenvalue weighted by molar-refractivity contribution is 5.81. The third kappa shape index (κ3) is 4.90. The molecule has 0 saturated carbocycles. The van der Waals surface area contributed by atoms with Crippen LogP contribution in [-0.2, 0) is 11.3 Å². The normalized spacial score (nSPS) is 20.6. The first-order chi connectivity index (χ1) is 14.7. The standard InChI is InChI=1S/C23H32N6O/c1-27-13-6-2-3-9-20(27)23(30)26-18-19-8-7-12-25-22(19)29-16-14-28(15-17-29)21-10-4-5-11-24-21/h4-5,7-8,10-12,20H,2-3,6,9,13-18H2,1H3,(H,26,30)/t20-/m0/s1. The van der Waals surface area contributed by atoms with Gasteiger partial charge in [-0.25, -0.2) is 9.97 Å². The van der Waals surface area contributed by atoms with E-state index in [-0.39, 0.29) is 11.9 Å². The fraction of sp³-hybridized carbons (Fsp3) is 0.522. The molecule has 2 fully saturated rings. The number of carbonyl (C=O) groups excluding carboxylic acids is 1. The molecule has 4 heterocycles. The number of amides is 1. The molecule has 0 aromatic carbocycles. The number of nitrogens with one attached hydrogen (secondary N) is 1. The molecular formula is C23H32N6O. The number of likely N-dealkylation sites (N-methyl/N-ethyl adjacent to an activating group) is 1. The first kappa shape index (κ1) is 20.6. The average molecular weight is 409 g/mol. The summed E-state index contributed by atoms with van der Waals surface area (Å²) in [7, 11) is 2.06. The van der Waals surface area contributed by atoms with Gasteiger partial charge in [-0.05, 0) is 44.6 Å². The van der Waals surface area contributed by atoms with Gasteiger partial charge in [-0.15, -0.1) is 0 Å². The lowest BCUT2D eigenvalue weighted by Gasteiger charge is -2.36. The largest absolute Gasteiger partial charge is 0.353 e. The van der Waals surface area contributed by atoms with Crippen molar-refractivity contribution >= 4 is 17.5 Å². The summed E-state index contributed by atoms with van der Waals surface area (Å²) in [6.07, 6.45) is 8.14. The van der Waals surface area contributed by atoms with Crippen molar-refractivity contribution in [2.45, 2.75) is 38.3 Å². The van der Waals surface area contributed by atoms with Crippen molar-refractivity contribution in [3.8, 4) is 0 Å². The second-order valence-electron chi connectivity index (χ2n) is 8.21. The lowest BCUT2D eigenvalue weighted by Crippen LogP contribution is -2.47. The molecule has 0 radical (unpaired) electrons. The Morgan fingerprint density at radius 3 is 2.57 bits per heavy atom. The maximum absolute atomic E-state index is 12.8. The summed E-state index contributed by atoms with van der Waals surface area (Å²) in [5.41, 5.74) is 1.08. The summed E-state index contributed by atoms with van der Waals surface area (Å²) >= 11 is 0. The molecular weight excluding hydrogens is 376 g/mol. The lowest BCUT2D eigenvalue weighted by molar-refractivity contribution is -0.126. The molecule has 2 aromatic rings. The van der Waals surface area contributed by atoms with Crippen molar-refractivity contribution < 1.29 is 4.79 Å². The molecule has 1 N–H and O–H groups in total. The molecule has 2 saturated heterocycles. The molecule has 7 heteroatoms. The highest BCUT2D eigenvalue weighted by Crippen LogP contribution is 2.21. The van der Waals surface area contributed by atoms with Gasteiger partial charge in [-0.3, -0.25) is 9.69 Å². The van der Waals surface area contributed by atoms with E-state index in [0.29, 0.717) is 6.54 Å². The number of rotatable bonds is 5. The van der Waals surface area contributed by atoms with Crippen molar-refractivity contribution in [1.82, 2.24) is 20.2 Å². The van der Waals surface area contributed by atoms with Gasteiger partial charge >= 0.3 is 0 Å². The Morgan fingerprint density at radius 1 is 0.967 bits per heavy atom. The maximum atomic E-state index is 12.8. The molecule has 0 aliphatic carbocycles. The molecule has 0 bridgehead atoms. The van der Waals surface area contributed by atoms with Gasteiger partial charge < -0.3 is 15.1 Å². The second-order valence-corrected chi connectivity index (χ2v) is 8.21. The smallest absolute Gasteiger partial charge is 0.237 e. The summed E-state index contributed by atoms with van der Waals surface area (Å²) in [5.74, 6) is 2.14. The van der Waals surface area contributed by atoms with E-state index in [1.165, 1.54) is 12.8 Å². The highest BCUT2D eigenvalue weighted by atomic mass is 16.2. The predicted molar refractivity (Wildman–Crippen MR) is 120 cm³/mol. The monoisotopic (exact) mass is 408 g/mol. The van der Waals surface area contributed by atoms with E-state index in [1.54, 1.807) is 0 Å². The molecule has 2 aliphatic rings. The Hall–Kier alpha value is -2.67. The fourth-order valence-electron chi connectivity index (χ4n) is 4.42. The van der Waals surface area contributed by atoms with E-state index >= 15 is 0 Å². The van der Waals surface area contributed by atoms with Gasteiger partial charge in [0, 0.05) is 50.7 Å². The summed E-state index contributed by atoms with van der Waals surface area (Å²) in [6.45, 7) is 5.11. The number of carbonyl (C=O) groups is 1. The van der Waals surface area contributed by atoms with Gasteiger partial charge in [0.1, 0.15) is 11.6 Å². The zero-order valence-corrected chi connectivity index (χ0v) is 17.8. The van der Waals surface area contributed by atoms with Crippen LogP contribution in [0.5, 0.6) is 0 Å². The maximum Gasteiger partial charge on any atom is 0.237 e. The molecule has 160 valence electrons. The summed E-state index contributed by atoms with van der Waals surface area (Å²) < 4.78 is 0. The third-order valence-corrected chi connectivity index (χ3v) is 6.20. The zero-order chi connectivity index (χ0) is 20.8. The minimum Gasteiger partial charge on any atom is -0.353 e. The van der Waals surface area contributed by atoms with Crippen molar-refractivity contribution in [3.05, 3.63) is 48.3 Å². The number of pyridine rings is 2. The predicted octanol–water partition coefficient (Wildman–Crippen LogP) is 2.29. The number of likely N-dealkylation sites (tertiary alicyclic amines) is 1. The van der Waals surface area contributed by atoms with E-state index in [2.05, 4.69) is 49.2 Å². The molecule has 7 nitrogen and oxygen atoms in total. The molecule has 2 aliphatic heterocycles. The Kier molecular flexibility index (Phi) is 6.79. The molecule has 2 aromatic heterocycles. The van der Waals surface area contributed by atoms with Crippen molar-refractivity contribution in [2.24, 2.45) is 0 Å². The van der Waals surface area contributed by atoms with Gasteiger partial charge in [-0.1, -0.05) is 25.0 Å². The van der Waals surface area contributed by atoms with Crippen molar-refractivity contribution in [1.29, 1.82) is 0 Å². The van der Waals surface area contributed by atoms with Gasteiger partial charge in [0.25, 0.3) is 0 Å². The van der Waals surface area contributed by atoms with Crippen LogP contribution in [0.2, 0.25) is 0 Å². The first-order valence-corrected chi connectivity index (χ1v) is 11.0. The lowest BCUT2D eigenvalue weighted by atomic mass is 10.1. The molecule has 1 amide bonds. The van der Waals surface area contributed by atoms with Crippen LogP contribution in [0.1, 0.15) is 31.2 Å². The van der Waals surface area contributed by atoms with Crippen molar-refractivity contribution in [3.63, 3.8) is 0 Å². The van der Waals surface area contributed by atoms with Crippen LogP contribution >= 0.6 is 0 Å². The van der Waals surface area contributed by atoms with Gasteiger partial charge in [0.05, 0.1) is 6.04 Å². The molecule has 1 atom stereocenters. The highest BCUT2D eigenvalue weighted by Gasteiger charge is 2.25. The Morgan fingerprint density at radius 2 is 1.77 bits per heavy atom. The number of piperazine rings is 1. The summed E-state index contributed by atoms with van der Waals surface area (Å²) in [6, 6.07) is 10.0. The van der Waals surface area contributed by atoms with Crippen LogP contribution in [-0.4, -0.2) is 66.6 Å². The Labute approximate surface area is 179 Å². The van der Waals surface area contributed by atoms with Crippen LogP contribution in [0, 0.1) is 0 Å². The van der Waals surface area contributed by atoms with Crippen molar-refractivity contribution in [2.75, 3.05) is 49.6 Å². The molecule has 0 spiro atoms. The SMILES string of the molecule is CN1CCCCC[C@H]1C(=O)NCc1cccnc1N1CCN(c2ccccn2)CC1. The van der Waals surface area contributed by atoms with Crippen LogP contribution in [0.3, 0.4) is 0 Å². The van der Waals surface area contributed by atoms with E-state index in [9.17, 15) is 4.79 Å².